The average molecular weight is 424 g/mol. The van der Waals surface area contributed by atoms with Crippen molar-refractivity contribution in [1.82, 2.24) is 15.5 Å². The predicted molar refractivity (Wildman–Crippen MR) is 115 cm³/mol. The van der Waals surface area contributed by atoms with Crippen LogP contribution in [0, 0.1) is 5.82 Å². The molecule has 0 spiro atoms. The van der Waals surface area contributed by atoms with Crippen LogP contribution in [-0.2, 0) is 9.53 Å². The van der Waals surface area contributed by atoms with Gasteiger partial charge in [0.2, 0.25) is 0 Å². The van der Waals surface area contributed by atoms with E-state index < -0.39 is 12.0 Å². The number of carbonyl (C=O) groups excluding carboxylic acids is 2. The second-order valence-corrected chi connectivity index (χ2v) is 7.57. The van der Waals surface area contributed by atoms with E-state index in [4.69, 9.17) is 4.74 Å². The van der Waals surface area contributed by atoms with Crippen molar-refractivity contribution in [3.05, 3.63) is 77.2 Å². The zero-order valence-electron chi connectivity index (χ0n) is 17.3. The molecule has 2 aliphatic heterocycles. The minimum Gasteiger partial charge on any atom is -0.466 e. The summed E-state index contributed by atoms with van der Waals surface area (Å²) in [6, 6.07) is 14.9. The minimum atomic E-state index is -0.571. The highest BCUT2D eigenvalue weighted by atomic mass is 19.1. The molecule has 162 valence electrons. The van der Waals surface area contributed by atoms with E-state index in [1.54, 1.807) is 12.1 Å². The molecule has 2 amide bonds. The molecule has 2 aromatic carbocycles. The molecule has 1 fully saturated rings. The van der Waals surface area contributed by atoms with Crippen molar-refractivity contribution in [2.24, 2.45) is 0 Å². The fourth-order valence-corrected chi connectivity index (χ4v) is 4.03. The number of halogens is 1. The Bertz CT molecular complexity index is 970. The Morgan fingerprint density at radius 1 is 1.06 bits per heavy atom. The van der Waals surface area contributed by atoms with E-state index in [-0.39, 0.29) is 11.8 Å². The lowest BCUT2D eigenvalue weighted by molar-refractivity contribution is -0.136. The maximum absolute atomic E-state index is 13.2. The SMILES string of the molecule is COC(=O)C1=C(CN2CCN(c3ccc(F)cc3)CC2)NC(=O)N[C@@H]1c1ccccc1. The maximum Gasteiger partial charge on any atom is 0.338 e. The monoisotopic (exact) mass is 424 g/mol. The second kappa shape index (κ2) is 9.18. The number of ether oxygens (including phenoxy) is 1. The Morgan fingerprint density at radius 3 is 2.39 bits per heavy atom. The third-order valence-corrected chi connectivity index (χ3v) is 5.64. The van der Waals surface area contributed by atoms with Crippen LogP contribution >= 0.6 is 0 Å². The van der Waals surface area contributed by atoms with Crippen LogP contribution in [0.15, 0.2) is 65.9 Å². The van der Waals surface area contributed by atoms with Gasteiger partial charge in [0.25, 0.3) is 0 Å². The van der Waals surface area contributed by atoms with Crippen LogP contribution < -0.4 is 15.5 Å². The number of rotatable bonds is 5. The van der Waals surface area contributed by atoms with Crippen molar-refractivity contribution in [2.45, 2.75) is 6.04 Å². The summed E-state index contributed by atoms with van der Waals surface area (Å²) in [5.74, 6) is -0.722. The molecule has 2 N–H and O–H groups in total. The molecule has 8 heteroatoms. The highest BCUT2D eigenvalue weighted by Gasteiger charge is 2.34. The molecule has 0 saturated carbocycles. The van der Waals surface area contributed by atoms with Gasteiger partial charge in [-0.15, -0.1) is 0 Å². The summed E-state index contributed by atoms with van der Waals surface area (Å²) >= 11 is 0. The summed E-state index contributed by atoms with van der Waals surface area (Å²) < 4.78 is 18.2. The van der Waals surface area contributed by atoms with E-state index in [1.807, 2.05) is 30.3 Å². The Hall–Kier alpha value is -3.39. The number of hydrogen-bond acceptors (Lipinski definition) is 5. The largest absolute Gasteiger partial charge is 0.466 e. The van der Waals surface area contributed by atoms with Gasteiger partial charge in [0.1, 0.15) is 5.82 Å². The lowest BCUT2D eigenvalue weighted by atomic mass is 9.95. The number of hydrogen-bond donors (Lipinski definition) is 2. The summed E-state index contributed by atoms with van der Waals surface area (Å²) in [7, 11) is 1.34. The number of carbonyl (C=O) groups is 2. The number of nitrogens with zero attached hydrogens (tertiary/aromatic N) is 2. The molecule has 4 rings (SSSR count). The lowest BCUT2D eigenvalue weighted by Crippen LogP contribution is -2.51. The number of anilines is 1. The van der Waals surface area contributed by atoms with Crippen LogP contribution in [0.25, 0.3) is 0 Å². The van der Waals surface area contributed by atoms with Crippen LogP contribution in [0.4, 0.5) is 14.9 Å². The van der Waals surface area contributed by atoms with Gasteiger partial charge in [0, 0.05) is 44.1 Å². The van der Waals surface area contributed by atoms with Crippen molar-refractivity contribution in [3.8, 4) is 0 Å². The van der Waals surface area contributed by atoms with E-state index in [2.05, 4.69) is 20.4 Å². The fourth-order valence-electron chi connectivity index (χ4n) is 4.03. The van der Waals surface area contributed by atoms with Crippen LogP contribution in [0.5, 0.6) is 0 Å². The number of benzene rings is 2. The summed E-state index contributed by atoms with van der Waals surface area (Å²) in [6.45, 7) is 3.45. The van der Waals surface area contributed by atoms with Gasteiger partial charge in [-0.2, -0.15) is 0 Å². The molecule has 0 radical (unpaired) electrons. The summed E-state index contributed by atoms with van der Waals surface area (Å²) in [4.78, 5) is 29.4. The number of methoxy groups -OCH3 is 1. The van der Waals surface area contributed by atoms with Crippen LogP contribution in [0.3, 0.4) is 0 Å². The zero-order valence-corrected chi connectivity index (χ0v) is 17.3. The smallest absolute Gasteiger partial charge is 0.338 e. The highest BCUT2D eigenvalue weighted by molar-refractivity contribution is 5.95. The van der Waals surface area contributed by atoms with Crippen molar-refractivity contribution >= 4 is 17.7 Å². The van der Waals surface area contributed by atoms with Crippen LogP contribution in [-0.4, -0.2) is 56.7 Å². The molecule has 31 heavy (non-hydrogen) atoms. The van der Waals surface area contributed by atoms with E-state index >= 15 is 0 Å². The molecular formula is C23H25FN4O3. The Kier molecular flexibility index (Phi) is 6.18. The first-order valence-electron chi connectivity index (χ1n) is 10.2. The maximum atomic E-state index is 13.2. The Balaban J connectivity index is 1.52. The molecule has 2 aromatic rings. The molecule has 0 unspecified atom stereocenters. The first-order chi connectivity index (χ1) is 15.0. The summed E-state index contributed by atoms with van der Waals surface area (Å²) in [5.41, 5.74) is 2.76. The summed E-state index contributed by atoms with van der Waals surface area (Å²) in [6.07, 6.45) is 0. The van der Waals surface area contributed by atoms with Crippen LogP contribution in [0.2, 0.25) is 0 Å². The van der Waals surface area contributed by atoms with E-state index in [0.29, 0.717) is 17.8 Å². The molecule has 1 atom stereocenters. The van der Waals surface area contributed by atoms with Gasteiger partial charge in [0.15, 0.2) is 0 Å². The molecule has 2 aliphatic rings. The topological polar surface area (TPSA) is 73.9 Å². The van der Waals surface area contributed by atoms with Gasteiger partial charge in [-0.25, -0.2) is 14.0 Å². The van der Waals surface area contributed by atoms with Gasteiger partial charge in [0.05, 0.1) is 18.7 Å². The number of urea groups is 1. The van der Waals surface area contributed by atoms with Gasteiger partial charge in [-0.3, -0.25) is 4.90 Å². The molecule has 7 nitrogen and oxygen atoms in total. The fraction of sp³-hybridized carbons (Fsp3) is 0.304. The Labute approximate surface area is 180 Å². The number of amides is 2. The molecule has 0 aromatic heterocycles. The van der Waals surface area contributed by atoms with Gasteiger partial charge < -0.3 is 20.3 Å². The van der Waals surface area contributed by atoms with Crippen molar-refractivity contribution in [2.75, 3.05) is 44.7 Å². The molecule has 0 aliphatic carbocycles. The van der Waals surface area contributed by atoms with Crippen LogP contribution in [0.1, 0.15) is 11.6 Å². The third kappa shape index (κ3) is 4.69. The normalized spacial score (nSPS) is 19.6. The van der Waals surface area contributed by atoms with Gasteiger partial charge in [-0.05, 0) is 29.8 Å². The predicted octanol–water partition coefficient (Wildman–Crippen LogP) is 2.43. The lowest BCUT2D eigenvalue weighted by Gasteiger charge is -2.38. The van der Waals surface area contributed by atoms with E-state index in [9.17, 15) is 14.0 Å². The van der Waals surface area contributed by atoms with E-state index in [0.717, 1.165) is 37.4 Å². The van der Waals surface area contributed by atoms with Crippen molar-refractivity contribution < 1.29 is 18.7 Å². The number of piperazine rings is 1. The zero-order chi connectivity index (χ0) is 21.8. The molecule has 2 heterocycles. The Morgan fingerprint density at radius 2 is 1.74 bits per heavy atom. The standard InChI is InChI=1S/C23H25FN4O3/c1-31-22(29)20-19(25-23(30)26-21(20)16-5-3-2-4-6-16)15-27-11-13-28(14-12-27)18-9-7-17(24)8-10-18/h2-10,21H,11-15H2,1H3,(H2,25,26,30)/t21-/m1/s1. The van der Waals surface area contributed by atoms with E-state index in [1.165, 1.54) is 19.2 Å². The number of nitrogens with one attached hydrogen (secondary N) is 2. The number of esters is 1. The summed E-state index contributed by atoms with van der Waals surface area (Å²) in [5, 5.41) is 5.64. The molecule has 0 bridgehead atoms. The second-order valence-electron chi connectivity index (χ2n) is 7.57. The van der Waals surface area contributed by atoms with Crippen molar-refractivity contribution in [1.29, 1.82) is 0 Å². The molecular weight excluding hydrogens is 399 g/mol. The average Bonchev–Trinajstić information content (AvgIpc) is 2.80. The first kappa shape index (κ1) is 20.9. The minimum absolute atomic E-state index is 0.251. The quantitative estimate of drug-likeness (QED) is 0.722. The first-order valence-corrected chi connectivity index (χ1v) is 10.2. The van der Waals surface area contributed by atoms with Gasteiger partial charge >= 0.3 is 12.0 Å². The third-order valence-electron chi connectivity index (χ3n) is 5.64. The highest BCUT2D eigenvalue weighted by Crippen LogP contribution is 2.28. The molecule has 1 saturated heterocycles. The van der Waals surface area contributed by atoms with Gasteiger partial charge in [-0.1, -0.05) is 30.3 Å². The van der Waals surface area contributed by atoms with Crippen molar-refractivity contribution in [3.63, 3.8) is 0 Å².